The average molecular weight is 386 g/mol. The Bertz CT molecular complexity index is 746. The van der Waals surface area contributed by atoms with Gasteiger partial charge in [-0.1, -0.05) is 19.1 Å². The fraction of sp³-hybridized carbons (Fsp3) is 0.545. The molecule has 0 aromatic heterocycles. The van der Waals surface area contributed by atoms with Gasteiger partial charge in [-0.2, -0.15) is 0 Å². The lowest BCUT2D eigenvalue weighted by Gasteiger charge is -2.32. The summed E-state index contributed by atoms with van der Waals surface area (Å²) in [7, 11) is 1.61. The van der Waals surface area contributed by atoms with E-state index >= 15 is 0 Å². The zero-order chi connectivity index (χ0) is 20.3. The largest absolute Gasteiger partial charge is 0.497 e. The van der Waals surface area contributed by atoms with E-state index in [9.17, 15) is 9.59 Å². The third kappa shape index (κ3) is 4.22. The third-order valence-corrected chi connectivity index (χ3v) is 5.39. The summed E-state index contributed by atoms with van der Waals surface area (Å²) in [6.07, 6.45) is 2.11. The molecule has 1 saturated heterocycles. The van der Waals surface area contributed by atoms with Gasteiger partial charge in [0.25, 0.3) is 11.8 Å². The Balaban J connectivity index is 1.92. The van der Waals surface area contributed by atoms with Crippen molar-refractivity contribution in [3.05, 3.63) is 35.5 Å². The molecule has 0 spiro atoms. The number of ether oxygens (including phenoxy) is 2. The summed E-state index contributed by atoms with van der Waals surface area (Å²) >= 11 is 0. The normalized spacial score (nSPS) is 18.6. The second kappa shape index (κ2) is 8.78. The van der Waals surface area contributed by atoms with Crippen LogP contribution in [0, 0.1) is 5.92 Å². The SMILES string of the molecule is COc1ccc(C2=C(N3CCC(C)CC3)C(=O)N(CCOC(C)C)C2=O)cc1. The summed E-state index contributed by atoms with van der Waals surface area (Å²) in [4.78, 5) is 29.8. The number of amides is 2. The molecule has 0 unspecified atom stereocenters. The van der Waals surface area contributed by atoms with Crippen LogP contribution in [0.25, 0.3) is 5.57 Å². The number of methoxy groups -OCH3 is 1. The second-order valence-electron chi connectivity index (χ2n) is 7.80. The van der Waals surface area contributed by atoms with Gasteiger partial charge in [-0.05, 0) is 50.3 Å². The molecule has 0 bridgehead atoms. The third-order valence-electron chi connectivity index (χ3n) is 5.39. The van der Waals surface area contributed by atoms with Crippen LogP contribution < -0.4 is 4.74 Å². The summed E-state index contributed by atoms with van der Waals surface area (Å²) in [6.45, 7) is 8.31. The van der Waals surface area contributed by atoms with Gasteiger partial charge < -0.3 is 14.4 Å². The predicted octanol–water partition coefficient (Wildman–Crippen LogP) is 2.93. The van der Waals surface area contributed by atoms with Crippen LogP contribution >= 0.6 is 0 Å². The van der Waals surface area contributed by atoms with Crippen LogP contribution in [0.2, 0.25) is 0 Å². The molecule has 3 rings (SSSR count). The Hall–Kier alpha value is -2.34. The molecule has 0 saturated carbocycles. The predicted molar refractivity (Wildman–Crippen MR) is 108 cm³/mol. The lowest BCUT2D eigenvalue weighted by molar-refractivity contribution is -0.138. The molecule has 6 nitrogen and oxygen atoms in total. The van der Waals surface area contributed by atoms with Gasteiger partial charge in [-0.3, -0.25) is 14.5 Å². The van der Waals surface area contributed by atoms with Crippen molar-refractivity contribution in [2.75, 3.05) is 33.4 Å². The van der Waals surface area contributed by atoms with E-state index in [0.29, 0.717) is 23.8 Å². The highest BCUT2D eigenvalue weighted by molar-refractivity contribution is 6.35. The van der Waals surface area contributed by atoms with Crippen molar-refractivity contribution in [3.8, 4) is 5.75 Å². The van der Waals surface area contributed by atoms with Gasteiger partial charge in [-0.25, -0.2) is 0 Å². The highest BCUT2D eigenvalue weighted by atomic mass is 16.5. The van der Waals surface area contributed by atoms with E-state index in [-0.39, 0.29) is 24.5 Å². The van der Waals surface area contributed by atoms with Crippen molar-refractivity contribution in [1.82, 2.24) is 9.80 Å². The first kappa shape index (κ1) is 20.4. The molecule has 1 aromatic rings. The van der Waals surface area contributed by atoms with E-state index in [1.807, 2.05) is 38.1 Å². The van der Waals surface area contributed by atoms with E-state index in [1.54, 1.807) is 7.11 Å². The number of benzene rings is 1. The van der Waals surface area contributed by atoms with E-state index in [4.69, 9.17) is 9.47 Å². The highest BCUT2D eigenvalue weighted by Crippen LogP contribution is 2.34. The zero-order valence-corrected chi connectivity index (χ0v) is 17.2. The van der Waals surface area contributed by atoms with Crippen molar-refractivity contribution in [3.63, 3.8) is 0 Å². The number of carbonyl (C=O) groups is 2. The van der Waals surface area contributed by atoms with Crippen LogP contribution in [0.15, 0.2) is 30.0 Å². The number of piperidine rings is 1. The minimum atomic E-state index is -0.240. The van der Waals surface area contributed by atoms with Gasteiger partial charge in [0, 0.05) is 13.1 Å². The van der Waals surface area contributed by atoms with Crippen LogP contribution in [-0.2, 0) is 14.3 Å². The minimum Gasteiger partial charge on any atom is -0.497 e. The molecule has 0 radical (unpaired) electrons. The fourth-order valence-electron chi connectivity index (χ4n) is 3.69. The summed E-state index contributed by atoms with van der Waals surface area (Å²) in [5, 5.41) is 0. The Morgan fingerprint density at radius 3 is 2.29 bits per heavy atom. The molecule has 0 N–H and O–H groups in total. The zero-order valence-electron chi connectivity index (χ0n) is 17.2. The van der Waals surface area contributed by atoms with E-state index in [1.165, 1.54) is 4.90 Å². The lowest BCUT2D eigenvalue weighted by atomic mass is 9.97. The molecular weight excluding hydrogens is 356 g/mol. The van der Waals surface area contributed by atoms with Gasteiger partial charge in [0.1, 0.15) is 11.4 Å². The Morgan fingerprint density at radius 2 is 1.71 bits per heavy atom. The Labute approximate surface area is 167 Å². The molecule has 2 heterocycles. The Kier molecular flexibility index (Phi) is 6.39. The van der Waals surface area contributed by atoms with Crippen LogP contribution in [0.5, 0.6) is 5.75 Å². The molecule has 1 fully saturated rings. The average Bonchev–Trinajstić information content (AvgIpc) is 2.93. The molecular formula is C22H30N2O4. The molecule has 0 aliphatic carbocycles. The number of hydrogen-bond donors (Lipinski definition) is 0. The number of carbonyl (C=O) groups excluding carboxylic acids is 2. The molecule has 28 heavy (non-hydrogen) atoms. The monoisotopic (exact) mass is 386 g/mol. The molecule has 2 amide bonds. The molecule has 152 valence electrons. The molecule has 0 atom stereocenters. The first-order chi connectivity index (χ1) is 13.4. The van der Waals surface area contributed by atoms with Gasteiger partial charge in [-0.15, -0.1) is 0 Å². The molecule has 2 aliphatic rings. The van der Waals surface area contributed by atoms with Crippen molar-refractivity contribution >= 4 is 17.4 Å². The molecule has 6 heteroatoms. The maximum Gasteiger partial charge on any atom is 0.277 e. The molecule has 1 aromatic carbocycles. The van der Waals surface area contributed by atoms with Crippen LogP contribution in [0.1, 0.15) is 39.2 Å². The maximum atomic E-state index is 13.2. The highest BCUT2D eigenvalue weighted by Gasteiger charge is 2.41. The van der Waals surface area contributed by atoms with Gasteiger partial charge in [0.05, 0.1) is 31.9 Å². The number of nitrogens with zero attached hydrogens (tertiary/aromatic N) is 2. The van der Waals surface area contributed by atoms with Gasteiger partial charge >= 0.3 is 0 Å². The van der Waals surface area contributed by atoms with Crippen LogP contribution in [0.4, 0.5) is 0 Å². The summed E-state index contributed by atoms with van der Waals surface area (Å²) < 4.78 is 10.8. The van der Waals surface area contributed by atoms with Crippen molar-refractivity contribution in [2.24, 2.45) is 5.92 Å². The smallest absolute Gasteiger partial charge is 0.277 e. The summed E-state index contributed by atoms with van der Waals surface area (Å²) in [5.74, 6) is 0.912. The minimum absolute atomic E-state index is 0.0601. The quantitative estimate of drug-likeness (QED) is 0.675. The van der Waals surface area contributed by atoms with E-state index in [0.717, 1.165) is 37.2 Å². The van der Waals surface area contributed by atoms with E-state index < -0.39 is 0 Å². The van der Waals surface area contributed by atoms with E-state index in [2.05, 4.69) is 11.8 Å². The maximum absolute atomic E-state index is 13.2. The number of likely N-dealkylation sites (tertiary alicyclic amines) is 1. The van der Waals surface area contributed by atoms with Gasteiger partial charge in [0.15, 0.2) is 0 Å². The van der Waals surface area contributed by atoms with Gasteiger partial charge in [0.2, 0.25) is 0 Å². The summed E-state index contributed by atoms with van der Waals surface area (Å²) in [5.41, 5.74) is 1.78. The fourth-order valence-corrected chi connectivity index (χ4v) is 3.69. The number of rotatable bonds is 7. The molecule has 2 aliphatic heterocycles. The lowest BCUT2D eigenvalue weighted by Crippen LogP contribution is -2.39. The Morgan fingerprint density at radius 1 is 1.07 bits per heavy atom. The topological polar surface area (TPSA) is 59.1 Å². The van der Waals surface area contributed by atoms with Crippen LogP contribution in [-0.4, -0.2) is 61.1 Å². The van der Waals surface area contributed by atoms with Crippen molar-refractivity contribution < 1.29 is 19.1 Å². The number of hydrogen-bond acceptors (Lipinski definition) is 5. The first-order valence-electron chi connectivity index (χ1n) is 10.0. The number of imide groups is 1. The van der Waals surface area contributed by atoms with Crippen molar-refractivity contribution in [2.45, 2.75) is 39.7 Å². The first-order valence-corrected chi connectivity index (χ1v) is 10.0. The summed E-state index contributed by atoms with van der Waals surface area (Å²) in [6, 6.07) is 7.33. The second-order valence-corrected chi connectivity index (χ2v) is 7.80. The standard InChI is InChI=1S/C22H30N2O4/c1-15(2)28-14-13-24-21(25)19(17-5-7-18(27-4)8-6-17)20(22(24)26)23-11-9-16(3)10-12-23/h5-8,15-16H,9-14H2,1-4H3. The van der Waals surface area contributed by atoms with Crippen LogP contribution in [0.3, 0.4) is 0 Å². The van der Waals surface area contributed by atoms with Crippen molar-refractivity contribution in [1.29, 1.82) is 0 Å².